The van der Waals surface area contributed by atoms with Gasteiger partial charge in [0.15, 0.2) is 33.1 Å². The van der Waals surface area contributed by atoms with Crippen LogP contribution in [0.5, 0.6) is 11.5 Å². The molecule has 2 atom stereocenters. The SMILES string of the molecule is CCS(=O)(=O)c1ccc(C[N@@+]2(Cc3cccc4c3OC(F)(F)O4)C(C3CCCO3)=Nc3ccccc32)cc1. The van der Waals surface area contributed by atoms with Crippen LogP contribution in [0.4, 0.5) is 20.2 Å². The lowest BCUT2D eigenvalue weighted by Gasteiger charge is -2.37. The first-order valence-corrected chi connectivity index (χ1v) is 14.2. The van der Waals surface area contributed by atoms with Gasteiger partial charge in [-0.05, 0) is 43.2 Å². The standard InChI is InChI=1S/C28H27F2N2O5S/c1-2-38(33,34)21-14-12-19(13-15-21)17-32(18-20-7-5-10-24-26(20)37-28(29,30)36-24)23-9-4-3-8-22(23)31-27(32)25-11-6-16-35-25/h3-5,7-10,12-15,25H,2,6,11,16-18H2,1H3/q+1/t25?,32-/m0/s1. The number of para-hydroxylation sites is 3. The molecule has 1 saturated heterocycles. The lowest BCUT2D eigenvalue weighted by Crippen LogP contribution is -2.55. The monoisotopic (exact) mass is 541 g/mol. The summed E-state index contributed by atoms with van der Waals surface area (Å²) in [6, 6.07) is 19.5. The normalized spacial score (nSPS) is 23.3. The molecule has 38 heavy (non-hydrogen) atoms. The Labute approximate surface area is 219 Å². The smallest absolute Gasteiger partial charge is 0.395 e. The van der Waals surface area contributed by atoms with Crippen molar-refractivity contribution in [3.8, 4) is 11.5 Å². The molecule has 3 aliphatic rings. The summed E-state index contributed by atoms with van der Waals surface area (Å²) in [5.74, 6) is 0.803. The number of halogens is 2. The fraction of sp³-hybridized carbons (Fsp3) is 0.321. The Balaban J connectivity index is 1.48. The topological polar surface area (TPSA) is 74.2 Å². The first-order chi connectivity index (χ1) is 18.2. The largest absolute Gasteiger partial charge is 0.586 e. The first-order valence-electron chi connectivity index (χ1n) is 12.6. The minimum Gasteiger partial charge on any atom is -0.395 e. The van der Waals surface area contributed by atoms with Gasteiger partial charge in [-0.1, -0.05) is 37.3 Å². The minimum atomic E-state index is -3.74. The summed E-state index contributed by atoms with van der Waals surface area (Å²) in [5, 5.41) is 0. The molecule has 7 nitrogen and oxygen atoms in total. The van der Waals surface area contributed by atoms with E-state index in [1.165, 1.54) is 6.07 Å². The van der Waals surface area contributed by atoms with Gasteiger partial charge in [-0.3, -0.25) is 0 Å². The molecule has 6 rings (SSSR count). The number of ether oxygens (including phenoxy) is 3. The number of sulfone groups is 1. The molecule has 0 aromatic heterocycles. The van der Waals surface area contributed by atoms with E-state index in [2.05, 4.69) is 0 Å². The molecule has 0 bridgehead atoms. The molecule has 3 aromatic rings. The van der Waals surface area contributed by atoms with Crippen LogP contribution in [0.15, 0.2) is 76.6 Å². The van der Waals surface area contributed by atoms with Crippen LogP contribution in [0.2, 0.25) is 0 Å². The second kappa shape index (κ2) is 9.14. The summed E-state index contributed by atoms with van der Waals surface area (Å²) in [5.41, 5.74) is 3.12. The van der Waals surface area contributed by atoms with Crippen LogP contribution >= 0.6 is 0 Å². The zero-order chi connectivity index (χ0) is 26.5. The molecule has 198 valence electrons. The van der Waals surface area contributed by atoms with E-state index in [9.17, 15) is 17.2 Å². The average molecular weight is 542 g/mol. The molecule has 0 spiro atoms. The summed E-state index contributed by atoms with van der Waals surface area (Å²) in [7, 11) is -3.35. The van der Waals surface area contributed by atoms with Crippen LogP contribution in [-0.2, 0) is 27.7 Å². The van der Waals surface area contributed by atoms with Crippen molar-refractivity contribution in [1.82, 2.24) is 4.48 Å². The molecule has 0 amide bonds. The van der Waals surface area contributed by atoms with Gasteiger partial charge in [0.05, 0.1) is 16.2 Å². The van der Waals surface area contributed by atoms with Gasteiger partial charge < -0.3 is 14.2 Å². The van der Waals surface area contributed by atoms with Crippen molar-refractivity contribution in [1.29, 1.82) is 0 Å². The molecule has 0 N–H and O–H groups in total. The molecule has 10 heteroatoms. The Morgan fingerprint density at radius 2 is 1.79 bits per heavy atom. The van der Waals surface area contributed by atoms with Crippen LogP contribution in [0.1, 0.15) is 30.9 Å². The van der Waals surface area contributed by atoms with Crippen LogP contribution in [0.25, 0.3) is 0 Å². The quantitative estimate of drug-likeness (QED) is 0.357. The Kier molecular flexibility index (Phi) is 6.01. The highest BCUT2D eigenvalue weighted by molar-refractivity contribution is 7.91. The van der Waals surface area contributed by atoms with E-state index in [1.54, 1.807) is 43.3 Å². The van der Waals surface area contributed by atoms with Crippen LogP contribution in [0.3, 0.4) is 0 Å². The summed E-state index contributed by atoms with van der Waals surface area (Å²) in [6.07, 6.45) is -2.28. The second-order valence-corrected chi connectivity index (χ2v) is 12.0. The summed E-state index contributed by atoms with van der Waals surface area (Å²) in [4.78, 5) is 5.28. The van der Waals surface area contributed by atoms with Crippen LogP contribution in [0, 0.1) is 0 Å². The highest BCUT2D eigenvalue weighted by atomic mass is 32.2. The molecule has 3 aliphatic heterocycles. The van der Waals surface area contributed by atoms with E-state index in [0.717, 1.165) is 35.6 Å². The Morgan fingerprint density at radius 1 is 1.00 bits per heavy atom. The highest BCUT2D eigenvalue weighted by Gasteiger charge is 2.51. The fourth-order valence-corrected chi connectivity index (χ4v) is 6.39. The van der Waals surface area contributed by atoms with E-state index >= 15 is 0 Å². The summed E-state index contributed by atoms with van der Waals surface area (Å²) < 4.78 is 68.9. The zero-order valence-corrected chi connectivity index (χ0v) is 21.6. The third-order valence-electron chi connectivity index (χ3n) is 7.30. The van der Waals surface area contributed by atoms with Gasteiger partial charge in [0.25, 0.3) is 0 Å². The van der Waals surface area contributed by atoms with Gasteiger partial charge >= 0.3 is 6.29 Å². The van der Waals surface area contributed by atoms with Crippen molar-refractivity contribution < 1.29 is 31.4 Å². The predicted molar refractivity (Wildman–Crippen MR) is 139 cm³/mol. The predicted octanol–water partition coefficient (Wildman–Crippen LogP) is 5.73. The lowest BCUT2D eigenvalue weighted by molar-refractivity contribution is -0.287. The maximum atomic E-state index is 14.1. The highest BCUT2D eigenvalue weighted by Crippen LogP contribution is 2.49. The number of alkyl halides is 2. The number of fused-ring (bicyclic) bond motifs is 2. The van der Waals surface area contributed by atoms with Gasteiger partial charge in [-0.25, -0.2) is 12.9 Å². The maximum absolute atomic E-state index is 14.1. The van der Waals surface area contributed by atoms with E-state index in [-0.39, 0.29) is 39.3 Å². The molecular formula is C28H27F2N2O5S+. The molecule has 0 aliphatic carbocycles. The van der Waals surface area contributed by atoms with Gasteiger partial charge in [0.1, 0.15) is 18.8 Å². The van der Waals surface area contributed by atoms with E-state index in [0.29, 0.717) is 18.7 Å². The van der Waals surface area contributed by atoms with Crippen LogP contribution < -0.4 is 14.0 Å². The van der Waals surface area contributed by atoms with Crippen molar-refractivity contribution in [2.24, 2.45) is 4.99 Å². The van der Waals surface area contributed by atoms with E-state index in [1.807, 2.05) is 24.3 Å². The van der Waals surface area contributed by atoms with E-state index in [4.69, 9.17) is 19.2 Å². The molecule has 3 heterocycles. The van der Waals surface area contributed by atoms with Gasteiger partial charge in [0.2, 0.25) is 5.84 Å². The van der Waals surface area contributed by atoms with Crippen molar-refractivity contribution in [3.05, 3.63) is 77.9 Å². The summed E-state index contributed by atoms with van der Waals surface area (Å²) >= 11 is 0. The number of rotatable bonds is 7. The van der Waals surface area contributed by atoms with Gasteiger partial charge in [-0.15, -0.1) is 8.78 Å². The fourth-order valence-electron chi connectivity index (χ4n) is 5.50. The number of quaternary nitrogens is 1. The summed E-state index contributed by atoms with van der Waals surface area (Å²) in [6.45, 7) is 2.90. The molecule has 0 saturated carbocycles. The lowest BCUT2D eigenvalue weighted by atomic mass is 10.0. The second-order valence-electron chi connectivity index (χ2n) is 9.70. The number of nitrogens with zero attached hydrogens (tertiary/aromatic N) is 2. The number of hydrogen-bond donors (Lipinski definition) is 0. The molecular weight excluding hydrogens is 514 g/mol. The Hall–Kier alpha value is -3.34. The minimum absolute atomic E-state index is 0.00968. The van der Waals surface area contributed by atoms with Crippen molar-refractivity contribution in [2.45, 2.75) is 50.1 Å². The maximum Gasteiger partial charge on any atom is 0.586 e. The molecule has 1 unspecified atom stereocenters. The molecule has 1 fully saturated rings. The third-order valence-corrected chi connectivity index (χ3v) is 9.05. The van der Waals surface area contributed by atoms with Crippen molar-refractivity contribution >= 4 is 27.0 Å². The molecule has 3 aromatic carbocycles. The first kappa shape index (κ1) is 25.0. The average Bonchev–Trinajstić information content (AvgIpc) is 3.61. The van der Waals surface area contributed by atoms with E-state index < -0.39 is 16.1 Å². The number of amidine groups is 1. The van der Waals surface area contributed by atoms with Crippen LogP contribution in [-0.4, -0.2) is 39.0 Å². The number of benzene rings is 3. The Morgan fingerprint density at radius 3 is 2.53 bits per heavy atom. The van der Waals surface area contributed by atoms with Gasteiger partial charge in [-0.2, -0.15) is 4.99 Å². The molecule has 0 radical (unpaired) electrons. The van der Waals surface area contributed by atoms with Crippen molar-refractivity contribution in [3.63, 3.8) is 0 Å². The van der Waals surface area contributed by atoms with Crippen molar-refractivity contribution in [2.75, 3.05) is 12.4 Å². The number of aliphatic imine (C=N–C) groups is 1. The van der Waals surface area contributed by atoms with Gasteiger partial charge in [0, 0.05) is 18.2 Å². The number of hydrogen-bond acceptors (Lipinski definition) is 6. The third kappa shape index (κ3) is 4.26. The zero-order valence-electron chi connectivity index (χ0n) is 20.8. The Bertz CT molecular complexity index is 1520.